The van der Waals surface area contributed by atoms with Crippen LogP contribution in [-0.2, 0) is 14.8 Å². The Morgan fingerprint density at radius 3 is 2.95 bits per heavy atom. The van der Waals surface area contributed by atoms with E-state index < -0.39 is 10.0 Å². The Morgan fingerprint density at radius 1 is 1.45 bits per heavy atom. The van der Waals surface area contributed by atoms with Crippen molar-refractivity contribution in [3.05, 3.63) is 16.3 Å². The lowest BCUT2D eigenvalue weighted by Crippen LogP contribution is -2.46. The van der Waals surface area contributed by atoms with E-state index in [1.807, 2.05) is 0 Å². The Bertz CT molecular complexity index is 662. The molecule has 3 rings (SSSR count). The van der Waals surface area contributed by atoms with Crippen LogP contribution in [0.5, 0.6) is 0 Å². The van der Waals surface area contributed by atoms with Crippen molar-refractivity contribution >= 4 is 27.3 Å². The van der Waals surface area contributed by atoms with Crippen LogP contribution in [0, 0.1) is 5.41 Å². The minimum Gasteiger partial charge on any atom is -0.381 e. The molecule has 0 saturated carbocycles. The maximum Gasteiger partial charge on any atom is 0.261 e. The number of carbonyl (C=O) groups excluding carboxylic acids is 1. The highest BCUT2D eigenvalue weighted by atomic mass is 32.2. The fraction of sp³-hybridized carbons (Fsp3) is 0.643. The van der Waals surface area contributed by atoms with Gasteiger partial charge < -0.3 is 10.1 Å². The number of carbonyl (C=O) groups is 1. The minimum absolute atomic E-state index is 0.0229. The Balaban J connectivity index is 1.83. The van der Waals surface area contributed by atoms with Gasteiger partial charge in [-0.3, -0.25) is 4.79 Å². The van der Waals surface area contributed by atoms with Gasteiger partial charge in [0.05, 0.1) is 16.4 Å². The van der Waals surface area contributed by atoms with E-state index in [0.717, 1.165) is 30.6 Å². The molecule has 1 N–H and O–H groups in total. The maximum absolute atomic E-state index is 12.8. The number of amides is 1. The van der Waals surface area contributed by atoms with Crippen LogP contribution in [0.2, 0.25) is 0 Å². The van der Waals surface area contributed by atoms with Crippen LogP contribution in [0.15, 0.2) is 16.3 Å². The third-order valence-electron chi connectivity index (χ3n) is 4.48. The van der Waals surface area contributed by atoms with Crippen molar-refractivity contribution in [2.45, 2.75) is 24.2 Å². The Labute approximate surface area is 134 Å². The Morgan fingerprint density at radius 2 is 2.27 bits per heavy atom. The van der Waals surface area contributed by atoms with Gasteiger partial charge in [-0.1, -0.05) is 0 Å². The summed E-state index contributed by atoms with van der Waals surface area (Å²) in [6.45, 7) is 2.41. The summed E-state index contributed by atoms with van der Waals surface area (Å²) in [5.41, 5.74) is -0.0229. The van der Waals surface area contributed by atoms with Crippen LogP contribution in [0.25, 0.3) is 0 Å². The van der Waals surface area contributed by atoms with E-state index in [0.29, 0.717) is 31.2 Å². The van der Waals surface area contributed by atoms with E-state index in [1.54, 1.807) is 9.69 Å². The average Bonchev–Trinajstić information content (AvgIpc) is 3.17. The van der Waals surface area contributed by atoms with E-state index in [9.17, 15) is 13.2 Å². The van der Waals surface area contributed by atoms with Gasteiger partial charge in [0.1, 0.15) is 0 Å². The quantitative estimate of drug-likeness (QED) is 0.897. The van der Waals surface area contributed by atoms with Crippen molar-refractivity contribution < 1.29 is 17.9 Å². The predicted molar refractivity (Wildman–Crippen MR) is 83.6 cm³/mol. The van der Waals surface area contributed by atoms with Gasteiger partial charge in [-0.05, 0) is 25.3 Å². The molecular formula is C14H20N2O4S2. The third-order valence-corrected chi connectivity index (χ3v) is 7.38. The van der Waals surface area contributed by atoms with E-state index in [1.165, 1.54) is 13.1 Å². The number of sulfonamides is 1. The van der Waals surface area contributed by atoms with Crippen molar-refractivity contribution in [3.8, 4) is 0 Å². The molecule has 0 radical (unpaired) electrons. The monoisotopic (exact) mass is 344 g/mol. The van der Waals surface area contributed by atoms with E-state index in [2.05, 4.69) is 5.32 Å². The molecule has 0 unspecified atom stereocenters. The first-order valence-electron chi connectivity index (χ1n) is 7.35. The van der Waals surface area contributed by atoms with Gasteiger partial charge in [-0.15, -0.1) is 11.3 Å². The first-order valence-corrected chi connectivity index (χ1v) is 9.67. The minimum atomic E-state index is -3.54. The van der Waals surface area contributed by atoms with E-state index >= 15 is 0 Å². The second-order valence-corrected chi connectivity index (χ2v) is 8.82. The summed E-state index contributed by atoms with van der Waals surface area (Å²) < 4.78 is 32.7. The molecule has 6 nitrogen and oxygen atoms in total. The zero-order valence-electron chi connectivity index (χ0n) is 12.5. The predicted octanol–water partition coefficient (Wildman–Crippen LogP) is 1.30. The highest BCUT2D eigenvalue weighted by Crippen LogP contribution is 2.39. The first kappa shape index (κ1) is 15.9. The molecule has 2 saturated heterocycles. The largest absolute Gasteiger partial charge is 0.381 e. The van der Waals surface area contributed by atoms with Gasteiger partial charge in [-0.25, -0.2) is 8.42 Å². The molecule has 1 aromatic heterocycles. The summed E-state index contributed by atoms with van der Waals surface area (Å²) in [7, 11) is -2.01. The van der Waals surface area contributed by atoms with Crippen molar-refractivity contribution in [2.75, 3.05) is 33.4 Å². The molecule has 1 amide bonds. The van der Waals surface area contributed by atoms with Gasteiger partial charge in [0, 0.05) is 37.5 Å². The summed E-state index contributed by atoms with van der Waals surface area (Å²) in [4.78, 5) is 12.2. The molecule has 2 fully saturated rings. The molecule has 2 aliphatic heterocycles. The van der Waals surface area contributed by atoms with Crippen LogP contribution >= 0.6 is 11.3 Å². The highest BCUT2D eigenvalue weighted by Gasteiger charge is 2.42. The number of nitrogens with zero attached hydrogens (tertiary/aromatic N) is 1. The number of hydrogen-bond donors (Lipinski definition) is 1. The van der Waals surface area contributed by atoms with Crippen molar-refractivity contribution in [1.82, 2.24) is 9.62 Å². The molecule has 0 bridgehead atoms. The molecule has 8 heteroatoms. The fourth-order valence-electron chi connectivity index (χ4n) is 3.18. The number of thiophene rings is 1. The van der Waals surface area contributed by atoms with Crippen molar-refractivity contribution in [1.29, 1.82) is 0 Å². The standard InChI is InChI=1S/C14H20N2O4S2/c1-15-13(17)12-7-11(8-21-12)22(18,19)16-5-2-3-14(9-16)4-6-20-10-14/h7-8H,2-6,9-10H2,1H3,(H,15,17)/t14-/m1/s1. The van der Waals surface area contributed by atoms with E-state index in [-0.39, 0.29) is 16.2 Å². The lowest BCUT2D eigenvalue weighted by Gasteiger charge is -2.38. The van der Waals surface area contributed by atoms with Crippen LogP contribution in [0.1, 0.15) is 28.9 Å². The Hall–Kier alpha value is -0.960. The molecule has 22 heavy (non-hydrogen) atoms. The van der Waals surface area contributed by atoms with Crippen molar-refractivity contribution in [3.63, 3.8) is 0 Å². The van der Waals surface area contributed by atoms with Gasteiger partial charge in [0.15, 0.2) is 0 Å². The summed E-state index contributed by atoms with van der Waals surface area (Å²) in [5.74, 6) is -0.259. The molecular weight excluding hydrogens is 324 g/mol. The summed E-state index contributed by atoms with van der Waals surface area (Å²) in [6, 6.07) is 1.46. The summed E-state index contributed by atoms with van der Waals surface area (Å²) >= 11 is 1.15. The van der Waals surface area contributed by atoms with E-state index in [4.69, 9.17) is 4.74 Å². The number of rotatable bonds is 3. The SMILES string of the molecule is CNC(=O)c1cc(S(=O)(=O)N2CCC[C@@]3(CCOC3)C2)cs1. The second kappa shape index (κ2) is 5.92. The summed E-state index contributed by atoms with van der Waals surface area (Å²) in [6.07, 6.45) is 2.80. The third kappa shape index (κ3) is 2.80. The molecule has 2 aliphatic rings. The van der Waals surface area contributed by atoms with Gasteiger partial charge in [-0.2, -0.15) is 4.31 Å². The lowest BCUT2D eigenvalue weighted by atomic mass is 9.80. The topological polar surface area (TPSA) is 75.7 Å². The molecule has 1 aromatic rings. The average molecular weight is 344 g/mol. The van der Waals surface area contributed by atoms with Crippen LogP contribution in [-0.4, -0.2) is 52.0 Å². The molecule has 1 spiro atoms. The number of nitrogens with one attached hydrogen (secondary N) is 1. The molecule has 0 aliphatic carbocycles. The van der Waals surface area contributed by atoms with Gasteiger partial charge in [0.2, 0.25) is 10.0 Å². The molecule has 1 atom stereocenters. The van der Waals surface area contributed by atoms with Gasteiger partial charge >= 0.3 is 0 Å². The molecule has 122 valence electrons. The first-order chi connectivity index (χ1) is 10.5. The smallest absolute Gasteiger partial charge is 0.261 e. The zero-order valence-corrected chi connectivity index (χ0v) is 14.1. The Kier molecular flexibility index (Phi) is 4.28. The normalized spacial score (nSPS) is 26.4. The van der Waals surface area contributed by atoms with Crippen LogP contribution in [0.4, 0.5) is 0 Å². The molecule has 0 aromatic carbocycles. The van der Waals surface area contributed by atoms with Crippen molar-refractivity contribution in [2.24, 2.45) is 5.41 Å². The second-order valence-electron chi connectivity index (χ2n) is 5.97. The maximum atomic E-state index is 12.8. The highest BCUT2D eigenvalue weighted by molar-refractivity contribution is 7.89. The number of piperidine rings is 1. The molecule has 3 heterocycles. The van der Waals surface area contributed by atoms with Crippen LogP contribution < -0.4 is 5.32 Å². The fourth-order valence-corrected chi connectivity index (χ4v) is 5.98. The zero-order chi connectivity index (χ0) is 15.8. The lowest BCUT2D eigenvalue weighted by molar-refractivity contribution is 0.0967. The number of ether oxygens (including phenoxy) is 1. The summed E-state index contributed by atoms with van der Waals surface area (Å²) in [5, 5.41) is 4.06. The van der Waals surface area contributed by atoms with Crippen LogP contribution in [0.3, 0.4) is 0 Å². The van der Waals surface area contributed by atoms with Gasteiger partial charge in [0.25, 0.3) is 5.91 Å². The number of hydrogen-bond acceptors (Lipinski definition) is 5.